The molecule has 124 valence electrons. The van der Waals surface area contributed by atoms with Gasteiger partial charge in [0.05, 0.1) is 6.61 Å². The average molecular weight is 331 g/mol. The van der Waals surface area contributed by atoms with Gasteiger partial charge in [-0.3, -0.25) is 4.79 Å². The van der Waals surface area contributed by atoms with Gasteiger partial charge in [0, 0.05) is 12.1 Å². The van der Waals surface area contributed by atoms with Gasteiger partial charge in [0.2, 0.25) is 5.91 Å². The standard InChI is InChI=1S/C20H18BNO3/c23-19(22-18-10-8-14-4-1-2-5-16(14)12-18)11-9-15-6-3-7-17-13-25-21(24)20(15)17/h1-8,10,12,24H,9,11,13H2,(H,22,23). The molecule has 0 atom stereocenters. The van der Waals surface area contributed by atoms with Gasteiger partial charge >= 0.3 is 7.12 Å². The minimum atomic E-state index is -0.880. The molecule has 0 fully saturated rings. The predicted octanol–water partition coefficient (Wildman–Crippen LogP) is 2.63. The van der Waals surface area contributed by atoms with E-state index in [1.165, 1.54) is 0 Å². The van der Waals surface area contributed by atoms with Gasteiger partial charge in [-0.2, -0.15) is 0 Å². The molecule has 0 bridgehead atoms. The number of fused-ring (bicyclic) bond motifs is 2. The molecular weight excluding hydrogens is 313 g/mol. The van der Waals surface area contributed by atoms with Crippen molar-refractivity contribution in [2.45, 2.75) is 19.4 Å². The fourth-order valence-corrected chi connectivity index (χ4v) is 3.32. The minimum absolute atomic E-state index is 0.0405. The summed E-state index contributed by atoms with van der Waals surface area (Å²) in [5.41, 5.74) is 3.59. The Labute approximate surface area is 146 Å². The summed E-state index contributed by atoms with van der Waals surface area (Å²) in [4.78, 5) is 12.3. The van der Waals surface area contributed by atoms with Crippen molar-refractivity contribution in [3.63, 3.8) is 0 Å². The van der Waals surface area contributed by atoms with Crippen LogP contribution in [-0.2, 0) is 22.5 Å². The molecule has 0 saturated carbocycles. The molecule has 3 aromatic carbocycles. The normalized spacial score (nSPS) is 13.1. The molecule has 25 heavy (non-hydrogen) atoms. The summed E-state index contributed by atoms with van der Waals surface area (Å²) in [6.45, 7) is 0.424. The third-order valence-electron chi connectivity index (χ3n) is 4.59. The molecule has 0 aliphatic carbocycles. The number of carbonyl (C=O) groups is 1. The lowest BCUT2D eigenvalue weighted by Crippen LogP contribution is -2.31. The molecule has 4 nitrogen and oxygen atoms in total. The summed E-state index contributed by atoms with van der Waals surface area (Å²) >= 11 is 0. The van der Waals surface area contributed by atoms with Crippen molar-refractivity contribution in [2.24, 2.45) is 0 Å². The Morgan fingerprint density at radius 2 is 1.92 bits per heavy atom. The second kappa shape index (κ2) is 6.71. The molecule has 0 radical (unpaired) electrons. The number of hydrogen-bond acceptors (Lipinski definition) is 3. The Morgan fingerprint density at radius 1 is 1.08 bits per heavy atom. The fourth-order valence-electron chi connectivity index (χ4n) is 3.32. The van der Waals surface area contributed by atoms with Gasteiger partial charge < -0.3 is 15.0 Å². The first-order valence-corrected chi connectivity index (χ1v) is 8.40. The average Bonchev–Trinajstić information content (AvgIpc) is 3.02. The van der Waals surface area contributed by atoms with Crippen molar-refractivity contribution in [2.75, 3.05) is 5.32 Å². The van der Waals surface area contributed by atoms with E-state index in [1.807, 2.05) is 60.7 Å². The van der Waals surface area contributed by atoms with Crippen molar-refractivity contribution in [1.82, 2.24) is 0 Å². The summed E-state index contributed by atoms with van der Waals surface area (Å²) < 4.78 is 5.26. The minimum Gasteiger partial charge on any atom is -0.423 e. The fraction of sp³-hybridized carbons (Fsp3) is 0.150. The molecule has 1 heterocycles. The van der Waals surface area contributed by atoms with E-state index < -0.39 is 7.12 Å². The molecule has 1 amide bonds. The van der Waals surface area contributed by atoms with E-state index in [1.54, 1.807) is 0 Å². The molecule has 4 rings (SSSR count). The summed E-state index contributed by atoms with van der Waals surface area (Å²) in [5.74, 6) is -0.0405. The Balaban J connectivity index is 1.43. The zero-order valence-corrected chi connectivity index (χ0v) is 13.7. The smallest absolute Gasteiger partial charge is 0.423 e. The summed E-state index contributed by atoms with van der Waals surface area (Å²) in [5, 5.41) is 15.1. The van der Waals surface area contributed by atoms with Crippen molar-refractivity contribution in [3.05, 3.63) is 71.8 Å². The third-order valence-corrected chi connectivity index (χ3v) is 4.59. The van der Waals surface area contributed by atoms with Crippen molar-refractivity contribution < 1.29 is 14.5 Å². The SMILES string of the molecule is O=C(CCc1cccc2c1B(O)OC2)Nc1ccc2ccccc2c1. The summed E-state index contributed by atoms with van der Waals surface area (Å²) in [7, 11) is -0.880. The maximum atomic E-state index is 12.3. The van der Waals surface area contributed by atoms with Gasteiger partial charge in [-0.25, -0.2) is 0 Å². The van der Waals surface area contributed by atoms with Crippen LogP contribution in [-0.4, -0.2) is 18.0 Å². The van der Waals surface area contributed by atoms with Crippen molar-refractivity contribution >= 4 is 34.9 Å². The van der Waals surface area contributed by atoms with Gasteiger partial charge in [-0.15, -0.1) is 0 Å². The zero-order chi connectivity index (χ0) is 17.2. The maximum absolute atomic E-state index is 12.3. The lowest BCUT2D eigenvalue weighted by molar-refractivity contribution is -0.116. The molecule has 0 aromatic heterocycles. The van der Waals surface area contributed by atoms with E-state index in [-0.39, 0.29) is 5.91 Å². The first kappa shape index (κ1) is 15.9. The monoisotopic (exact) mass is 331 g/mol. The van der Waals surface area contributed by atoms with Gasteiger partial charge in [-0.1, -0.05) is 48.5 Å². The van der Waals surface area contributed by atoms with E-state index in [0.717, 1.165) is 33.0 Å². The molecule has 1 aliphatic heterocycles. The second-order valence-corrected chi connectivity index (χ2v) is 6.26. The highest BCUT2D eigenvalue weighted by Crippen LogP contribution is 2.19. The Morgan fingerprint density at radius 3 is 2.80 bits per heavy atom. The first-order chi connectivity index (χ1) is 12.2. The highest BCUT2D eigenvalue weighted by Gasteiger charge is 2.29. The predicted molar refractivity (Wildman–Crippen MR) is 99.7 cm³/mol. The van der Waals surface area contributed by atoms with Crippen LogP contribution in [0.5, 0.6) is 0 Å². The Kier molecular flexibility index (Phi) is 4.26. The van der Waals surface area contributed by atoms with Crippen molar-refractivity contribution in [1.29, 1.82) is 0 Å². The van der Waals surface area contributed by atoms with E-state index in [0.29, 0.717) is 19.4 Å². The summed E-state index contributed by atoms with van der Waals surface area (Å²) in [6, 6.07) is 19.8. The Hall–Kier alpha value is -2.63. The van der Waals surface area contributed by atoms with Crippen LogP contribution in [0.3, 0.4) is 0 Å². The molecule has 0 unspecified atom stereocenters. The number of carbonyl (C=O) groups excluding carboxylic acids is 1. The largest absolute Gasteiger partial charge is 0.492 e. The van der Waals surface area contributed by atoms with Crippen LogP contribution in [0.25, 0.3) is 10.8 Å². The van der Waals surface area contributed by atoms with E-state index in [9.17, 15) is 9.82 Å². The van der Waals surface area contributed by atoms with E-state index in [4.69, 9.17) is 4.65 Å². The lowest BCUT2D eigenvalue weighted by Gasteiger charge is -2.09. The van der Waals surface area contributed by atoms with Crippen LogP contribution >= 0.6 is 0 Å². The topological polar surface area (TPSA) is 58.6 Å². The van der Waals surface area contributed by atoms with Gasteiger partial charge in [0.25, 0.3) is 0 Å². The maximum Gasteiger partial charge on any atom is 0.492 e. The Bertz CT molecular complexity index is 941. The third kappa shape index (κ3) is 3.29. The van der Waals surface area contributed by atoms with Crippen LogP contribution in [0.15, 0.2) is 60.7 Å². The van der Waals surface area contributed by atoms with E-state index >= 15 is 0 Å². The van der Waals surface area contributed by atoms with Crippen LogP contribution < -0.4 is 10.8 Å². The molecule has 0 spiro atoms. The molecule has 3 aromatic rings. The van der Waals surface area contributed by atoms with Crippen LogP contribution in [0, 0.1) is 0 Å². The van der Waals surface area contributed by atoms with Crippen molar-refractivity contribution in [3.8, 4) is 0 Å². The van der Waals surface area contributed by atoms with Gasteiger partial charge in [-0.05, 0) is 45.9 Å². The second-order valence-electron chi connectivity index (χ2n) is 6.26. The summed E-state index contributed by atoms with van der Waals surface area (Å²) in [6.07, 6.45) is 0.930. The first-order valence-electron chi connectivity index (χ1n) is 8.40. The number of hydrogen-bond donors (Lipinski definition) is 2. The van der Waals surface area contributed by atoms with Gasteiger partial charge in [0.1, 0.15) is 0 Å². The van der Waals surface area contributed by atoms with Crippen LogP contribution in [0.4, 0.5) is 5.69 Å². The number of benzene rings is 3. The quantitative estimate of drug-likeness (QED) is 0.723. The molecule has 2 N–H and O–H groups in total. The number of nitrogens with one attached hydrogen (secondary N) is 1. The highest BCUT2D eigenvalue weighted by atomic mass is 16.5. The zero-order valence-electron chi connectivity index (χ0n) is 13.7. The number of aryl methyl sites for hydroxylation is 1. The molecular formula is C20H18BNO3. The van der Waals surface area contributed by atoms with Gasteiger partial charge in [0.15, 0.2) is 0 Å². The molecule has 0 saturated heterocycles. The van der Waals surface area contributed by atoms with E-state index in [2.05, 4.69) is 5.32 Å². The number of rotatable bonds is 4. The number of amides is 1. The number of anilines is 1. The molecule has 5 heteroatoms. The molecule has 1 aliphatic rings. The van der Waals surface area contributed by atoms with Crippen LogP contribution in [0.1, 0.15) is 17.5 Å². The highest BCUT2D eigenvalue weighted by molar-refractivity contribution is 6.62. The lowest BCUT2D eigenvalue weighted by atomic mass is 9.75. The van der Waals surface area contributed by atoms with Crippen LogP contribution in [0.2, 0.25) is 0 Å².